The standard InChI is InChI=1S/C15H14F3N3O4/c16-15(17,18)11-3-1-10(2-4-11)8-24-9-12-5-6-20-7-13(21(22)23)19-14(20)25-12/h1-4,7,12H,5-6,8-9H2/t12-/m0/s1. The highest BCUT2D eigenvalue weighted by atomic mass is 19.4. The monoisotopic (exact) mass is 357 g/mol. The predicted octanol–water partition coefficient (Wildman–Crippen LogP) is 3.18. The van der Waals surface area contributed by atoms with E-state index in [-0.39, 0.29) is 31.1 Å². The quantitative estimate of drug-likeness (QED) is 0.607. The molecule has 1 aliphatic rings. The van der Waals surface area contributed by atoms with Crippen LogP contribution in [0, 0.1) is 10.1 Å². The van der Waals surface area contributed by atoms with Crippen LogP contribution in [-0.4, -0.2) is 27.2 Å². The fourth-order valence-electron chi connectivity index (χ4n) is 2.43. The molecule has 0 N–H and O–H groups in total. The first kappa shape index (κ1) is 17.2. The van der Waals surface area contributed by atoms with E-state index in [4.69, 9.17) is 9.47 Å². The Kier molecular flexibility index (Phi) is 4.62. The summed E-state index contributed by atoms with van der Waals surface area (Å²) in [5.41, 5.74) is -0.0961. The minimum absolute atomic E-state index is 0.145. The van der Waals surface area contributed by atoms with Gasteiger partial charge in [-0.05, 0) is 22.6 Å². The number of aromatic nitrogens is 2. The number of rotatable bonds is 5. The van der Waals surface area contributed by atoms with Crippen molar-refractivity contribution in [3.63, 3.8) is 0 Å². The van der Waals surface area contributed by atoms with E-state index in [0.717, 1.165) is 12.1 Å². The number of ether oxygens (including phenoxy) is 2. The van der Waals surface area contributed by atoms with Crippen molar-refractivity contribution < 1.29 is 27.6 Å². The van der Waals surface area contributed by atoms with Gasteiger partial charge in [0, 0.05) is 17.9 Å². The molecule has 2 heterocycles. The molecule has 1 aromatic heterocycles. The zero-order valence-corrected chi connectivity index (χ0v) is 12.9. The second kappa shape index (κ2) is 6.71. The van der Waals surface area contributed by atoms with Gasteiger partial charge in [0.05, 0.1) is 18.8 Å². The number of nitrogens with zero attached hydrogens (tertiary/aromatic N) is 3. The Hall–Kier alpha value is -2.62. The Balaban J connectivity index is 1.50. The van der Waals surface area contributed by atoms with Crippen molar-refractivity contribution in [1.82, 2.24) is 9.55 Å². The normalized spacial score (nSPS) is 17.0. The third-order valence-corrected chi connectivity index (χ3v) is 3.73. The lowest BCUT2D eigenvalue weighted by Gasteiger charge is -2.21. The van der Waals surface area contributed by atoms with Crippen molar-refractivity contribution in [1.29, 1.82) is 0 Å². The lowest BCUT2D eigenvalue weighted by molar-refractivity contribution is -0.389. The van der Waals surface area contributed by atoms with Crippen molar-refractivity contribution in [2.24, 2.45) is 0 Å². The molecular weight excluding hydrogens is 343 g/mol. The minimum atomic E-state index is -4.36. The van der Waals surface area contributed by atoms with Gasteiger partial charge in [0.2, 0.25) is 0 Å². The van der Waals surface area contributed by atoms with E-state index in [9.17, 15) is 23.3 Å². The number of imidazole rings is 1. The molecule has 0 spiro atoms. The highest BCUT2D eigenvalue weighted by molar-refractivity contribution is 5.24. The Labute approximate surface area is 140 Å². The maximum absolute atomic E-state index is 12.5. The molecule has 7 nitrogen and oxygen atoms in total. The third kappa shape index (κ3) is 4.08. The summed E-state index contributed by atoms with van der Waals surface area (Å²) < 4.78 is 50.0. The number of alkyl halides is 3. The number of fused-ring (bicyclic) bond motifs is 1. The number of halogens is 3. The largest absolute Gasteiger partial charge is 0.440 e. The van der Waals surface area contributed by atoms with Crippen LogP contribution in [0.2, 0.25) is 0 Å². The summed E-state index contributed by atoms with van der Waals surface area (Å²) in [7, 11) is 0. The molecule has 3 rings (SSSR count). The molecule has 1 aromatic carbocycles. The zero-order valence-electron chi connectivity index (χ0n) is 12.9. The Morgan fingerprint density at radius 1 is 1.36 bits per heavy atom. The van der Waals surface area contributed by atoms with Crippen molar-refractivity contribution in [3.05, 3.63) is 51.7 Å². The van der Waals surface area contributed by atoms with Crippen LogP contribution in [0.25, 0.3) is 0 Å². The SMILES string of the molecule is O=[N+]([O-])c1cn2c(n1)O[C@H](COCc1ccc(C(F)(F)F)cc1)CC2. The molecule has 1 aliphatic heterocycles. The van der Waals surface area contributed by atoms with E-state index in [2.05, 4.69) is 4.98 Å². The summed E-state index contributed by atoms with van der Waals surface area (Å²) >= 11 is 0. The van der Waals surface area contributed by atoms with Gasteiger partial charge >= 0.3 is 18.0 Å². The van der Waals surface area contributed by atoms with E-state index in [1.165, 1.54) is 18.3 Å². The summed E-state index contributed by atoms with van der Waals surface area (Å²) in [6.45, 7) is 0.874. The molecule has 10 heteroatoms. The van der Waals surface area contributed by atoms with Gasteiger partial charge in [-0.1, -0.05) is 12.1 Å². The average Bonchev–Trinajstić information content (AvgIpc) is 2.98. The van der Waals surface area contributed by atoms with Crippen LogP contribution in [-0.2, 0) is 24.1 Å². The molecule has 0 aliphatic carbocycles. The fourth-order valence-corrected chi connectivity index (χ4v) is 2.43. The van der Waals surface area contributed by atoms with Gasteiger partial charge in [0.1, 0.15) is 12.3 Å². The first-order chi connectivity index (χ1) is 11.8. The van der Waals surface area contributed by atoms with Crippen LogP contribution >= 0.6 is 0 Å². The number of hydrogen-bond acceptors (Lipinski definition) is 5. The Morgan fingerprint density at radius 2 is 2.08 bits per heavy atom. The van der Waals surface area contributed by atoms with Gasteiger partial charge in [-0.3, -0.25) is 4.57 Å². The fraction of sp³-hybridized carbons (Fsp3) is 0.400. The van der Waals surface area contributed by atoms with Crippen molar-refractivity contribution in [2.75, 3.05) is 6.61 Å². The van der Waals surface area contributed by atoms with Gasteiger partial charge in [-0.2, -0.15) is 13.2 Å². The summed E-state index contributed by atoms with van der Waals surface area (Å²) in [6.07, 6.45) is -2.77. The molecule has 1 atom stereocenters. The lowest BCUT2D eigenvalue weighted by Crippen LogP contribution is -2.30. The maximum atomic E-state index is 12.5. The zero-order chi connectivity index (χ0) is 18.0. The van der Waals surface area contributed by atoms with Crippen LogP contribution in [0.3, 0.4) is 0 Å². The molecule has 0 radical (unpaired) electrons. The van der Waals surface area contributed by atoms with Crippen LogP contribution in [0.4, 0.5) is 19.0 Å². The van der Waals surface area contributed by atoms with E-state index >= 15 is 0 Å². The molecule has 25 heavy (non-hydrogen) atoms. The first-order valence-corrected chi connectivity index (χ1v) is 7.45. The second-order valence-electron chi connectivity index (χ2n) is 5.57. The summed E-state index contributed by atoms with van der Waals surface area (Å²) in [5, 5.41) is 10.7. The van der Waals surface area contributed by atoms with Crippen molar-refractivity contribution in [3.8, 4) is 6.01 Å². The highest BCUT2D eigenvalue weighted by Crippen LogP contribution is 2.29. The molecule has 0 saturated heterocycles. The summed E-state index contributed by atoms with van der Waals surface area (Å²) in [5.74, 6) is -0.277. The summed E-state index contributed by atoms with van der Waals surface area (Å²) in [4.78, 5) is 13.9. The van der Waals surface area contributed by atoms with E-state index in [0.29, 0.717) is 18.5 Å². The smallest absolute Gasteiger partial charge is 0.416 e. The number of aryl methyl sites for hydroxylation is 1. The number of nitro groups is 1. The third-order valence-electron chi connectivity index (χ3n) is 3.73. The van der Waals surface area contributed by atoms with Crippen molar-refractivity contribution in [2.45, 2.75) is 31.9 Å². The van der Waals surface area contributed by atoms with Gasteiger partial charge in [0.25, 0.3) is 0 Å². The van der Waals surface area contributed by atoms with Gasteiger partial charge in [-0.15, -0.1) is 0 Å². The molecule has 0 amide bonds. The van der Waals surface area contributed by atoms with Crippen molar-refractivity contribution >= 4 is 5.82 Å². The van der Waals surface area contributed by atoms with Gasteiger partial charge in [0.15, 0.2) is 0 Å². The molecule has 134 valence electrons. The molecule has 0 saturated carbocycles. The molecule has 0 bridgehead atoms. The Morgan fingerprint density at radius 3 is 2.72 bits per heavy atom. The Bertz CT molecular complexity index is 758. The topological polar surface area (TPSA) is 79.4 Å². The second-order valence-corrected chi connectivity index (χ2v) is 5.57. The predicted molar refractivity (Wildman–Crippen MR) is 79.0 cm³/mol. The van der Waals surface area contributed by atoms with Gasteiger partial charge in [-0.25, -0.2) is 0 Å². The number of benzene rings is 1. The van der Waals surface area contributed by atoms with Crippen LogP contribution in [0.15, 0.2) is 30.5 Å². The van der Waals surface area contributed by atoms with Crippen LogP contribution in [0.5, 0.6) is 6.01 Å². The maximum Gasteiger partial charge on any atom is 0.416 e. The van der Waals surface area contributed by atoms with E-state index in [1.807, 2.05) is 0 Å². The van der Waals surface area contributed by atoms with Crippen LogP contribution < -0.4 is 4.74 Å². The van der Waals surface area contributed by atoms with E-state index < -0.39 is 16.7 Å². The molecule has 2 aromatic rings. The van der Waals surface area contributed by atoms with E-state index in [1.54, 1.807) is 4.57 Å². The first-order valence-electron chi connectivity index (χ1n) is 7.45. The van der Waals surface area contributed by atoms with Crippen LogP contribution in [0.1, 0.15) is 17.5 Å². The highest BCUT2D eigenvalue weighted by Gasteiger charge is 2.30. The lowest BCUT2D eigenvalue weighted by atomic mass is 10.1. The molecular formula is C15H14F3N3O4. The molecule has 0 fully saturated rings. The molecule has 0 unspecified atom stereocenters. The average molecular weight is 357 g/mol. The van der Waals surface area contributed by atoms with Gasteiger partial charge < -0.3 is 19.6 Å². The minimum Gasteiger partial charge on any atom is -0.440 e. The summed E-state index contributed by atoms with van der Waals surface area (Å²) in [6, 6.07) is 4.90. The number of hydrogen-bond donors (Lipinski definition) is 0.